The van der Waals surface area contributed by atoms with Gasteiger partial charge in [0, 0.05) is 0 Å². The van der Waals surface area contributed by atoms with Gasteiger partial charge in [0.15, 0.2) is 0 Å². The lowest BCUT2D eigenvalue weighted by molar-refractivity contribution is -0.164. The Bertz CT molecular complexity index is 298. The standard InChI is InChI=1S/C5H7BrF2O4S/c1-3(2)12-4(9)5(7,8)13(6,10)11/h3H,1-2H3. The van der Waals surface area contributed by atoms with Crippen molar-refractivity contribution in [3.05, 3.63) is 0 Å². The van der Waals surface area contributed by atoms with Crippen molar-refractivity contribution < 1.29 is 26.7 Å². The summed E-state index contributed by atoms with van der Waals surface area (Å²) in [6.07, 6.45) is -0.798. The molecule has 0 aromatic carbocycles. The Morgan fingerprint density at radius 3 is 2.08 bits per heavy atom. The van der Waals surface area contributed by atoms with Gasteiger partial charge >= 0.3 is 11.2 Å². The van der Waals surface area contributed by atoms with E-state index in [2.05, 4.69) is 4.74 Å². The lowest BCUT2D eigenvalue weighted by Gasteiger charge is -2.13. The van der Waals surface area contributed by atoms with Crippen LogP contribution in [-0.2, 0) is 17.8 Å². The summed E-state index contributed by atoms with van der Waals surface area (Å²) in [5.74, 6) is -2.08. The molecule has 0 aliphatic carbocycles. The molecule has 0 amide bonds. The van der Waals surface area contributed by atoms with Crippen LogP contribution < -0.4 is 0 Å². The van der Waals surface area contributed by atoms with Gasteiger partial charge in [-0.2, -0.15) is 8.78 Å². The van der Waals surface area contributed by atoms with E-state index in [1.165, 1.54) is 13.8 Å². The molecule has 4 nitrogen and oxygen atoms in total. The summed E-state index contributed by atoms with van der Waals surface area (Å²) in [5, 5.41) is -4.54. The minimum Gasteiger partial charge on any atom is -0.458 e. The van der Waals surface area contributed by atoms with Gasteiger partial charge in [0.05, 0.1) is 20.9 Å². The van der Waals surface area contributed by atoms with E-state index in [-0.39, 0.29) is 0 Å². The second-order valence-electron chi connectivity index (χ2n) is 2.41. The number of rotatable bonds is 3. The van der Waals surface area contributed by atoms with Crippen molar-refractivity contribution in [3.63, 3.8) is 0 Å². The fraction of sp³-hybridized carbons (Fsp3) is 0.800. The van der Waals surface area contributed by atoms with E-state index in [4.69, 9.17) is 0 Å². The SMILES string of the molecule is CC(C)OC(=O)C(F)(F)S(=O)(=O)Br. The van der Waals surface area contributed by atoms with Crippen molar-refractivity contribution in [1.29, 1.82) is 0 Å². The number of ether oxygens (including phenoxy) is 1. The van der Waals surface area contributed by atoms with Gasteiger partial charge in [0.25, 0.3) is 8.27 Å². The number of alkyl halides is 2. The Hall–Kier alpha value is -0.240. The lowest BCUT2D eigenvalue weighted by Crippen LogP contribution is -2.37. The zero-order chi connectivity index (χ0) is 10.9. The summed E-state index contributed by atoms with van der Waals surface area (Å²) < 4.78 is 49.9. The third-order valence-electron chi connectivity index (χ3n) is 0.887. The van der Waals surface area contributed by atoms with Gasteiger partial charge in [-0.1, -0.05) is 0 Å². The van der Waals surface area contributed by atoms with Gasteiger partial charge in [-0.05, 0) is 13.8 Å². The molecule has 0 heterocycles. The van der Waals surface area contributed by atoms with Gasteiger partial charge in [-0.3, -0.25) is 0 Å². The molecule has 8 heteroatoms. The third-order valence-corrected chi connectivity index (χ3v) is 2.89. The highest BCUT2D eigenvalue weighted by atomic mass is 79.9. The van der Waals surface area contributed by atoms with Gasteiger partial charge in [0.2, 0.25) is 0 Å². The van der Waals surface area contributed by atoms with Crippen molar-refractivity contribution in [2.24, 2.45) is 0 Å². The molecular weight excluding hydrogens is 274 g/mol. The van der Waals surface area contributed by atoms with E-state index in [1.807, 2.05) is 0 Å². The fourth-order valence-electron chi connectivity index (χ4n) is 0.382. The highest BCUT2D eigenvalue weighted by Crippen LogP contribution is 2.28. The van der Waals surface area contributed by atoms with E-state index in [1.54, 1.807) is 14.8 Å². The largest absolute Gasteiger partial charge is 0.458 e. The maximum Gasteiger partial charge on any atom is 0.450 e. The van der Waals surface area contributed by atoms with Crippen LogP contribution in [0.5, 0.6) is 0 Å². The molecule has 0 aromatic rings. The predicted molar refractivity (Wildman–Crippen MR) is 44.0 cm³/mol. The molecule has 0 aromatic heterocycles. The maximum absolute atomic E-state index is 12.6. The number of hydrogen-bond acceptors (Lipinski definition) is 4. The molecule has 0 radical (unpaired) electrons. The highest BCUT2D eigenvalue weighted by molar-refractivity contribution is 9.47. The van der Waals surface area contributed by atoms with Crippen molar-refractivity contribution in [2.45, 2.75) is 25.2 Å². The van der Waals surface area contributed by atoms with Gasteiger partial charge in [-0.15, -0.1) is 0 Å². The van der Waals surface area contributed by atoms with E-state index in [9.17, 15) is 22.0 Å². The van der Waals surface area contributed by atoms with Crippen LogP contribution in [0.15, 0.2) is 0 Å². The minimum absolute atomic E-state index is 0.798. The molecule has 0 atom stereocenters. The summed E-state index contributed by atoms with van der Waals surface area (Å²) in [7, 11) is -4.94. The van der Waals surface area contributed by atoms with Crippen molar-refractivity contribution >= 4 is 29.1 Å². The van der Waals surface area contributed by atoms with Crippen LogP contribution in [0, 0.1) is 0 Å². The maximum atomic E-state index is 12.6. The lowest BCUT2D eigenvalue weighted by atomic mass is 10.5. The van der Waals surface area contributed by atoms with Gasteiger partial charge in [0.1, 0.15) is 0 Å². The number of carbonyl (C=O) groups excluding carboxylic acids is 1. The summed E-state index contributed by atoms with van der Waals surface area (Å²) >= 11 is 1.71. The number of hydrogen-bond donors (Lipinski definition) is 0. The summed E-state index contributed by atoms with van der Waals surface area (Å²) in [6.45, 7) is 2.66. The van der Waals surface area contributed by atoms with Crippen LogP contribution in [-0.4, -0.2) is 25.7 Å². The fourth-order valence-corrected chi connectivity index (χ4v) is 1.03. The van der Waals surface area contributed by atoms with Crippen molar-refractivity contribution in [3.8, 4) is 0 Å². The first kappa shape index (κ1) is 12.8. The van der Waals surface area contributed by atoms with Crippen LogP contribution in [0.25, 0.3) is 0 Å². The number of esters is 1. The van der Waals surface area contributed by atoms with Crippen molar-refractivity contribution in [2.75, 3.05) is 0 Å². The summed E-state index contributed by atoms with van der Waals surface area (Å²) in [5.41, 5.74) is 0. The average Bonchev–Trinajstić information content (AvgIpc) is 1.82. The first-order valence-corrected chi connectivity index (χ1v) is 6.44. The Labute approximate surface area is 81.4 Å². The number of halogens is 3. The molecule has 0 aliphatic rings. The zero-order valence-corrected chi connectivity index (χ0v) is 9.15. The molecule has 0 rings (SSSR count). The van der Waals surface area contributed by atoms with Crippen LogP contribution in [0.4, 0.5) is 8.78 Å². The molecule has 0 spiro atoms. The molecule has 0 fully saturated rings. The van der Waals surface area contributed by atoms with E-state index in [0.717, 1.165) is 0 Å². The number of carbonyl (C=O) groups is 1. The Balaban J connectivity index is 4.77. The molecule has 78 valence electrons. The quantitative estimate of drug-likeness (QED) is 0.577. The smallest absolute Gasteiger partial charge is 0.450 e. The van der Waals surface area contributed by atoms with Crippen LogP contribution >= 0.6 is 14.8 Å². The molecule has 0 N–H and O–H groups in total. The van der Waals surface area contributed by atoms with Crippen molar-refractivity contribution in [1.82, 2.24) is 0 Å². The third kappa shape index (κ3) is 3.18. The molecule has 13 heavy (non-hydrogen) atoms. The zero-order valence-electron chi connectivity index (χ0n) is 6.75. The topological polar surface area (TPSA) is 60.4 Å². The van der Waals surface area contributed by atoms with Gasteiger partial charge < -0.3 is 4.74 Å². The van der Waals surface area contributed by atoms with E-state index in [0.29, 0.717) is 0 Å². The van der Waals surface area contributed by atoms with E-state index < -0.39 is 25.6 Å². The normalized spacial score (nSPS) is 13.1. The predicted octanol–water partition coefficient (Wildman–Crippen LogP) is 1.26. The average molecular weight is 281 g/mol. The minimum atomic E-state index is -4.94. The van der Waals surface area contributed by atoms with Crippen LogP contribution in [0.3, 0.4) is 0 Å². The van der Waals surface area contributed by atoms with E-state index >= 15 is 0 Å². The first-order chi connectivity index (χ1) is 5.59. The molecular formula is C5H7BrF2O4S. The second kappa shape index (κ2) is 3.87. The first-order valence-electron chi connectivity index (χ1n) is 3.12. The monoisotopic (exact) mass is 280 g/mol. The van der Waals surface area contributed by atoms with Crippen LogP contribution in [0.1, 0.15) is 13.8 Å². The highest BCUT2D eigenvalue weighted by Gasteiger charge is 2.53. The molecule has 0 saturated carbocycles. The van der Waals surface area contributed by atoms with Crippen LogP contribution in [0.2, 0.25) is 0 Å². The molecule has 0 unspecified atom stereocenters. The summed E-state index contributed by atoms with van der Waals surface area (Å²) in [4.78, 5) is 10.5. The Morgan fingerprint density at radius 1 is 1.46 bits per heavy atom. The molecule has 0 aliphatic heterocycles. The Morgan fingerprint density at radius 2 is 1.85 bits per heavy atom. The molecule has 0 bridgehead atoms. The molecule has 0 saturated heterocycles. The summed E-state index contributed by atoms with van der Waals surface area (Å²) in [6, 6.07) is 0. The van der Waals surface area contributed by atoms with Gasteiger partial charge in [-0.25, -0.2) is 13.2 Å². The Kier molecular flexibility index (Phi) is 3.80. The second-order valence-corrected chi connectivity index (χ2v) is 6.35.